The third-order valence-corrected chi connectivity index (χ3v) is 3.24. The predicted molar refractivity (Wildman–Crippen MR) is 45.5 cm³/mol. The van der Waals surface area contributed by atoms with Crippen molar-refractivity contribution in [1.29, 1.82) is 0 Å². The van der Waals surface area contributed by atoms with Crippen molar-refractivity contribution in [3.63, 3.8) is 0 Å². The van der Waals surface area contributed by atoms with Crippen LogP contribution in [0.25, 0.3) is 0 Å². The van der Waals surface area contributed by atoms with E-state index in [4.69, 9.17) is 0 Å². The van der Waals surface area contributed by atoms with Gasteiger partial charge in [0.2, 0.25) is 0 Å². The van der Waals surface area contributed by atoms with Crippen molar-refractivity contribution in [2.24, 2.45) is 5.92 Å². The van der Waals surface area contributed by atoms with Crippen molar-refractivity contribution in [2.75, 3.05) is 0 Å². The van der Waals surface area contributed by atoms with E-state index in [9.17, 15) is 0 Å². The second-order valence-electron chi connectivity index (χ2n) is 2.30. The normalized spacial score (nSPS) is 14.6. The molecule has 0 aliphatic heterocycles. The lowest BCUT2D eigenvalue weighted by molar-refractivity contribution is 0.596. The van der Waals surface area contributed by atoms with Gasteiger partial charge in [0.15, 0.2) is 0 Å². The van der Waals surface area contributed by atoms with Crippen LogP contribution in [0.15, 0.2) is 0 Å². The molecule has 50 valence electrons. The lowest BCUT2D eigenvalue weighted by atomic mass is 10.1. The van der Waals surface area contributed by atoms with Gasteiger partial charge >= 0.3 is 0 Å². The molecule has 2 heteroatoms. The van der Waals surface area contributed by atoms with Crippen LogP contribution < -0.4 is 0 Å². The fourth-order valence-corrected chi connectivity index (χ4v) is 2.24. The first kappa shape index (κ1) is 8.70. The molecule has 0 saturated heterocycles. The zero-order valence-electron chi connectivity index (χ0n) is 5.72. The van der Waals surface area contributed by atoms with Gasteiger partial charge in [0.25, 0.3) is 0 Å². The van der Waals surface area contributed by atoms with Crippen molar-refractivity contribution < 1.29 is 0 Å². The van der Waals surface area contributed by atoms with Crippen molar-refractivity contribution in [3.05, 3.63) is 0 Å². The molecule has 0 nitrogen and oxygen atoms in total. The minimum Gasteiger partial charge on any atom is -0.111 e. The van der Waals surface area contributed by atoms with Gasteiger partial charge in [-0.1, -0.05) is 31.6 Å². The summed E-state index contributed by atoms with van der Waals surface area (Å²) >= 11 is 4.15. The highest BCUT2D eigenvalue weighted by Crippen LogP contribution is 2.24. The molecular formula is C6H14S2. The van der Waals surface area contributed by atoms with E-state index in [-0.39, 0.29) is 0 Å². The van der Waals surface area contributed by atoms with E-state index in [1.807, 2.05) is 0 Å². The molecule has 0 aliphatic rings. The Morgan fingerprint density at radius 3 is 2.00 bits per heavy atom. The minimum atomic E-state index is 0.735. The van der Waals surface area contributed by atoms with E-state index in [0.29, 0.717) is 0 Å². The summed E-state index contributed by atoms with van der Waals surface area (Å²) in [6, 6.07) is 0. The smallest absolute Gasteiger partial charge is 0.0169 e. The summed E-state index contributed by atoms with van der Waals surface area (Å²) in [7, 11) is 1.67. The molecule has 0 rings (SSSR count). The maximum absolute atomic E-state index is 4.15. The molecule has 0 saturated carbocycles. The van der Waals surface area contributed by atoms with Gasteiger partial charge in [-0.3, -0.25) is 0 Å². The monoisotopic (exact) mass is 150 g/mol. The summed E-state index contributed by atoms with van der Waals surface area (Å²) < 4.78 is 0. The fourth-order valence-electron chi connectivity index (χ4n) is 0.668. The summed E-state index contributed by atoms with van der Waals surface area (Å²) in [6.07, 6.45) is 1.23. The average Bonchev–Trinajstić information content (AvgIpc) is 1.69. The van der Waals surface area contributed by atoms with E-state index < -0.39 is 0 Å². The maximum Gasteiger partial charge on any atom is 0.0169 e. The quantitative estimate of drug-likeness (QED) is 0.476. The van der Waals surface area contributed by atoms with Gasteiger partial charge < -0.3 is 0 Å². The van der Waals surface area contributed by atoms with E-state index in [1.165, 1.54) is 6.42 Å². The van der Waals surface area contributed by atoms with Crippen LogP contribution in [0.4, 0.5) is 0 Å². The zero-order chi connectivity index (χ0) is 6.57. The lowest BCUT2D eigenvalue weighted by Crippen LogP contribution is -2.06. The fraction of sp³-hybridized carbons (Fsp3) is 1.00. The largest absolute Gasteiger partial charge is 0.111 e. The van der Waals surface area contributed by atoms with Crippen molar-refractivity contribution in [3.8, 4) is 0 Å². The van der Waals surface area contributed by atoms with Gasteiger partial charge in [-0.2, -0.15) is 0 Å². The molecule has 0 radical (unpaired) electrons. The summed E-state index contributed by atoms with van der Waals surface area (Å²) in [5.74, 6) is 0.766. The Morgan fingerprint density at radius 2 is 2.00 bits per heavy atom. The van der Waals surface area contributed by atoms with Gasteiger partial charge in [-0.25, -0.2) is 0 Å². The maximum atomic E-state index is 4.15. The van der Waals surface area contributed by atoms with Crippen LogP contribution in [0.1, 0.15) is 27.2 Å². The van der Waals surface area contributed by atoms with Crippen molar-refractivity contribution >= 4 is 22.5 Å². The Bertz CT molecular complexity index is 48.5. The Labute approximate surface area is 61.2 Å². The van der Waals surface area contributed by atoms with E-state index in [1.54, 1.807) is 10.8 Å². The molecule has 8 heavy (non-hydrogen) atoms. The van der Waals surface area contributed by atoms with Crippen LogP contribution in [0.2, 0.25) is 0 Å². The lowest BCUT2D eigenvalue weighted by Gasteiger charge is -2.13. The highest BCUT2D eigenvalue weighted by atomic mass is 33.1. The third-order valence-electron chi connectivity index (χ3n) is 1.28. The zero-order valence-corrected chi connectivity index (χ0v) is 7.43. The summed E-state index contributed by atoms with van der Waals surface area (Å²) in [5, 5.41) is 0.735. The van der Waals surface area contributed by atoms with E-state index in [2.05, 4.69) is 32.4 Å². The third kappa shape index (κ3) is 2.88. The molecule has 0 aromatic rings. The Kier molecular flexibility index (Phi) is 4.97. The number of hydrogen-bond acceptors (Lipinski definition) is 2. The van der Waals surface area contributed by atoms with Gasteiger partial charge in [0.05, 0.1) is 0 Å². The Balaban J connectivity index is 3.35. The summed E-state index contributed by atoms with van der Waals surface area (Å²) in [6.45, 7) is 6.67. The van der Waals surface area contributed by atoms with E-state index in [0.717, 1.165) is 11.2 Å². The number of thiol groups is 1. The first-order valence-electron chi connectivity index (χ1n) is 3.02. The van der Waals surface area contributed by atoms with Gasteiger partial charge in [-0.05, 0) is 12.3 Å². The van der Waals surface area contributed by atoms with Crippen LogP contribution in [0.5, 0.6) is 0 Å². The van der Waals surface area contributed by atoms with Gasteiger partial charge in [0, 0.05) is 5.25 Å². The molecule has 0 aromatic carbocycles. The SMILES string of the molecule is CCC(SS)C(C)C. The number of rotatable bonds is 3. The first-order valence-corrected chi connectivity index (χ1v) is 4.95. The van der Waals surface area contributed by atoms with Crippen LogP contribution in [-0.2, 0) is 0 Å². The minimum absolute atomic E-state index is 0.735. The van der Waals surface area contributed by atoms with Crippen LogP contribution in [0, 0.1) is 5.92 Å². The molecule has 0 bridgehead atoms. The first-order chi connectivity index (χ1) is 3.72. The predicted octanol–water partition coefficient (Wildman–Crippen LogP) is 3.00. The molecule has 0 aliphatic carbocycles. The van der Waals surface area contributed by atoms with E-state index >= 15 is 0 Å². The summed E-state index contributed by atoms with van der Waals surface area (Å²) in [5.41, 5.74) is 0. The Morgan fingerprint density at radius 1 is 1.50 bits per heavy atom. The van der Waals surface area contributed by atoms with Gasteiger partial charge in [0.1, 0.15) is 0 Å². The molecule has 0 heterocycles. The molecule has 0 N–H and O–H groups in total. The second-order valence-corrected chi connectivity index (χ2v) is 3.74. The molecule has 0 spiro atoms. The Hall–Kier alpha value is 0.700. The highest BCUT2D eigenvalue weighted by molar-refractivity contribution is 8.68. The topological polar surface area (TPSA) is 0 Å². The standard InChI is InChI=1S/C6H14S2/c1-4-6(8-7)5(2)3/h5-7H,4H2,1-3H3. The molecule has 0 amide bonds. The van der Waals surface area contributed by atoms with Crippen LogP contribution in [-0.4, -0.2) is 5.25 Å². The summed E-state index contributed by atoms with van der Waals surface area (Å²) in [4.78, 5) is 0. The number of hydrogen-bond donors (Lipinski definition) is 1. The average molecular weight is 150 g/mol. The molecule has 1 unspecified atom stereocenters. The second kappa shape index (κ2) is 4.57. The van der Waals surface area contributed by atoms with Crippen molar-refractivity contribution in [1.82, 2.24) is 0 Å². The molecule has 0 fully saturated rings. The van der Waals surface area contributed by atoms with Crippen LogP contribution in [0.3, 0.4) is 0 Å². The van der Waals surface area contributed by atoms with Gasteiger partial charge in [-0.15, -0.1) is 11.7 Å². The van der Waals surface area contributed by atoms with Crippen molar-refractivity contribution in [2.45, 2.75) is 32.4 Å². The molecule has 1 atom stereocenters. The highest BCUT2D eigenvalue weighted by Gasteiger charge is 2.07. The van der Waals surface area contributed by atoms with Crippen LogP contribution >= 0.6 is 22.5 Å². The molecule has 0 aromatic heterocycles. The molecular weight excluding hydrogens is 136 g/mol.